The average molecular weight is 482 g/mol. The summed E-state index contributed by atoms with van der Waals surface area (Å²) in [6, 6.07) is 12.8. The highest BCUT2D eigenvalue weighted by Crippen LogP contribution is 2.34. The van der Waals surface area contributed by atoms with Gasteiger partial charge in [-0.05, 0) is 73.2 Å². The first-order chi connectivity index (χ1) is 16.4. The van der Waals surface area contributed by atoms with Gasteiger partial charge < -0.3 is 14.2 Å². The fourth-order valence-electron chi connectivity index (χ4n) is 4.11. The molecule has 2 heterocycles. The molecule has 1 saturated heterocycles. The molecule has 4 rings (SSSR count). The highest BCUT2D eigenvalue weighted by molar-refractivity contribution is 7.99. The van der Waals surface area contributed by atoms with Crippen molar-refractivity contribution >= 4 is 23.4 Å². The zero-order chi connectivity index (χ0) is 24.1. The fourth-order valence-corrected chi connectivity index (χ4v) is 4.96. The molecule has 10 heteroatoms. The van der Waals surface area contributed by atoms with Crippen molar-refractivity contribution < 1.29 is 14.5 Å². The molecule has 3 aromatic rings. The molecule has 2 aromatic carbocycles. The normalized spacial score (nSPS) is 14.2. The SMILES string of the molecule is COc1ccc(CCC2CCN(C(=O)c3ccc(Sc4nncn4C)c([N+](=O)[O-])c3)CC2)cc1. The maximum absolute atomic E-state index is 13.1. The van der Waals surface area contributed by atoms with Gasteiger partial charge in [0.05, 0.1) is 16.9 Å². The largest absolute Gasteiger partial charge is 0.497 e. The Bertz CT molecular complexity index is 1160. The van der Waals surface area contributed by atoms with Gasteiger partial charge in [0.15, 0.2) is 5.16 Å². The molecule has 1 amide bonds. The smallest absolute Gasteiger partial charge is 0.284 e. The van der Waals surface area contributed by atoms with E-state index in [1.165, 1.54) is 18.0 Å². The lowest BCUT2D eigenvalue weighted by atomic mass is 9.90. The Labute approximate surface area is 202 Å². The van der Waals surface area contributed by atoms with Crippen LogP contribution in [0.25, 0.3) is 0 Å². The molecular formula is C24H27N5O4S. The van der Waals surface area contributed by atoms with Crippen molar-refractivity contribution in [3.63, 3.8) is 0 Å². The van der Waals surface area contributed by atoms with E-state index in [-0.39, 0.29) is 11.6 Å². The lowest BCUT2D eigenvalue weighted by Crippen LogP contribution is -2.38. The summed E-state index contributed by atoms with van der Waals surface area (Å²) < 4.78 is 6.89. The number of ether oxygens (including phenoxy) is 1. The molecule has 0 bridgehead atoms. The predicted molar refractivity (Wildman–Crippen MR) is 128 cm³/mol. The van der Waals surface area contributed by atoms with Gasteiger partial charge in [-0.25, -0.2) is 0 Å². The first kappa shape index (κ1) is 23.7. The summed E-state index contributed by atoms with van der Waals surface area (Å²) in [6.07, 6.45) is 5.48. The van der Waals surface area contributed by atoms with E-state index in [1.807, 2.05) is 12.1 Å². The maximum atomic E-state index is 13.1. The number of piperidine rings is 1. The van der Waals surface area contributed by atoms with Gasteiger partial charge in [-0.15, -0.1) is 10.2 Å². The molecule has 9 nitrogen and oxygen atoms in total. The van der Waals surface area contributed by atoms with Crippen molar-refractivity contribution in [3.05, 3.63) is 70.0 Å². The molecule has 1 aliphatic rings. The molecule has 1 fully saturated rings. The summed E-state index contributed by atoms with van der Waals surface area (Å²) in [4.78, 5) is 26.5. The molecule has 34 heavy (non-hydrogen) atoms. The lowest BCUT2D eigenvalue weighted by molar-refractivity contribution is -0.387. The Kier molecular flexibility index (Phi) is 7.46. The number of carbonyl (C=O) groups excluding carboxylic acids is 1. The van der Waals surface area contributed by atoms with Crippen LogP contribution >= 0.6 is 11.8 Å². The number of carbonyl (C=O) groups is 1. The Morgan fingerprint density at radius 2 is 1.94 bits per heavy atom. The molecule has 0 saturated carbocycles. The van der Waals surface area contributed by atoms with Crippen LogP contribution in [0.15, 0.2) is 58.8 Å². The number of aromatic nitrogens is 3. The molecular weight excluding hydrogens is 454 g/mol. The molecule has 0 N–H and O–H groups in total. The topological polar surface area (TPSA) is 103 Å². The first-order valence-electron chi connectivity index (χ1n) is 11.2. The van der Waals surface area contributed by atoms with Crippen LogP contribution in [0.4, 0.5) is 5.69 Å². The maximum Gasteiger partial charge on any atom is 0.284 e. The van der Waals surface area contributed by atoms with E-state index in [0.29, 0.717) is 34.6 Å². The minimum absolute atomic E-state index is 0.103. The lowest BCUT2D eigenvalue weighted by Gasteiger charge is -2.32. The first-order valence-corrected chi connectivity index (χ1v) is 12.0. The number of rotatable bonds is 8. The molecule has 1 aromatic heterocycles. The summed E-state index contributed by atoms with van der Waals surface area (Å²) in [5.74, 6) is 1.26. The molecule has 0 radical (unpaired) electrons. The van der Waals surface area contributed by atoms with Crippen LogP contribution in [-0.4, -0.2) is 50.7 Å². The highest BCUT2D eigenvalue weighted by Gasteiger charge is 2.26. The molecule has 1 aliphatic heterocycles. The molecule has 0 spiro atoms. The average Bonchev–Trinajstić information content (AvgIpc) is 3.27. The zero-order valence-corrected chi connectivity index (χ0v) is 20.0. The second kappa shape index (κ2) is 10.7. The third-order valence-corrected chi connectivity index (χ3v) is 7.29. The Balaban J connectivity index is 1.35. The van der Waals surface area contributed by atoms with Crippen LogP contribution in [0.3, 0.4) is 0 Å². The summed E-state index contributed by atoms with van der Waals surface area (Å²) in [5.41, 5.74) is 1.52. The van der Waals surface area contributed by atoms with E-state index >= 15 is 0 Å². The molecule has 0 unspecified atom stereocenters. The minimum Gasteiger partial charge on any atom is -0.497 e. The summed E-state index contributed by atoms with van der Waals surface area (Å²) in [7, 11) is 3.43. The summed E-state index contributed by atoms with van der Waals surface area (Å²) in [6.45, 7) is 1.32. The summed E-state index contributed by atoms with van der Waals surface area (Å²) >= 11 is 1.15. The van der Waals surface area contributed by atoms with E-state index in [9.17, 15) is 14.9 Å². The predicted octanol–water partition coefficient (Wildman–Crippen LogP) is 4.37. The van der Waals surface area contributed by atoms with Gasteiger partial charge in [0.2, 0.25) is 0 Å². The third kappa shape index (κ3) is 5.56. The second-order valence-corrected chi connectivity index (χ2v) is 9.40. The van der Waals surface area contributed by atoms with Crippen LogP contribution in [0.2, 0.25) is 0 Å². The number of nitro benzene ring substituents is 1. The monoisotopic (exact) mass is 481 g/mol. The van der Waals surface area contributed by atoms with E-state index in [4.69, 9.17) is 4.74 Å². The van der Waals surface area contributed by atoms with E-state index in [0.717, 1.165) is 43.2 Å². The molecule has 0 aliphatic carbocycles. The van der Waals surface area contributed by atoms with Gasteiger partial charge in [0.25, 0.3) is 11.6 Å². The van der Waals surface area contributed by atoms with Crippen molar-refractivity contribution in [1.82, 2.24) is 19.7 Å². The molecule has 178 valence electrons. The van der Waals surface area contributed by atoms with Crippen LogP contribution in [0, 0.1) is 16.0 Å². The van der Waals surface area contributed by atoms with Gasteiger partial charge in [0, 0.05) is 31.8 Å². The Hall–Kier alpha value is -3.40. The number of methoxy groups -OCH3 is 1. The standard InChI is InChI=1S/C24H27N5O4S/c1-27-16-25-26-24(27)34-22-10-7-19(15-21(22)29(31)32)23(30)28-13-11-18(12-14-28)4-3-17-5-8-20(33-2)9-6-17/h5-10,15-16,18H,3-4,11-14H2,1-2H3. The number of hydrogen-bond donors (Lipinski definition) is 0. The van der Waals surface area contributed by atoms with Crippen molar-refractivity contribution in [2.45, 2.75) is 35.7 Å². The fraction of sp³-hybridized carbons (Fsp3) is 0.375. The van der Waals surface area contributed by atoms with Gasteiger partial charge >= 0.3 is 0 Å². The minimum atomic E-state index is -0.457. The number of amides is 1. The number of benzene rings is 2. The van der Waals surface area contributed by atoms with E-state index < -0.39 is 4.92 Å². The Morgan fingerprint density at radius 3 is 2.56 bits per heavy atom. The number of likely N-dealkylation sites (tertiary alicyclic amines) is 1. The zero-order valence-electron chi connectivity index (χ0n) is 19.2. The van der Waals surface area contributed by atoms with Crippen molar-refractivity contribution in [2.75, 3.05) is 20.2 Å². The van der Waals surface area contributed by atoms with Crippen LogP contribution in [0.5, 0.6) is 5.75 Å². The van der Waals surface area contributed by atoms with Crippen LogP contribution < -0.4 is 4.74 Å². The van der Waals surface area contributed by atoms with Gasteiger partial charge in [-0.1, -0.05) is 12.1 Å². The quantitative estimate of drug-likeness (QED) is 0.348. The number of hydrogen-bond acceptors (Lipinski definition) is 7. The number of nitrogens with zero attached hydrogens (tertiary/aromatic N) is 5. The van der Waals surface area contributed by atoms with Gasteiger partial charge in [-0.2, -0.15) is 0 Å². The van der Waals surface area contributed by atoms with Gasteiger partial charge in [0.1, 0.15) is 12.1 Å². The Morgan fingerprint density at radius 1 is 1.21 bits per heavy atom. The van der Waals surface area contributed by atoms with Crippen molar-refractivity contribution in [2.24, 2.45) is 13.0 Å². The highest BCUT2D eigenvalue weighted by atomic mass is 32.2. The summed E-state index contributed by atoms with van der Waals surface area (Å²) in [5, 5.41) is 20.0. The third-order valence-electron chi connectivity index (χ3n) is 6.18. The number of nitro groups is 1. The number of aryl methyl sites for hydroxylation is 2. The van der Waals surface area contributed by atoms with E-state index in [1.54, 1.807) is 35.8 Å². The van der Waals surface area contributed by atoms with Crippen molar-refractivity contribution in [3.8, 4) is 5.75 Å². The van der Waals surface area contributed by atoms with Gasteiger partial charge in [-0.3, -0.25) is 14.9 Å². The van der Waals surface area contributed by atoms with Crippen LogP contribution in [0.1, 0.15) is 35.2 Å². The van der Waals surface area contributed by atoms with Crippen LogP contribution in [-0.2, 0) is 13.5 Å². The van der Waals surface area contributed by atoms with E-state index in [2.05, 4.69) is 22.3 Å². The molecule has 0 atom stereocenters. The van der Waals surface area contributed by atoms with Crippen molar-refractivity contribution in [1.29, 1.82) is 0 Å². The second-order valence-electron chi connectivity index (χ2n) is 8.39.